The lowest BCUT2D eigenvalue weighted by molar-refractivity contribution is 0.290. The summed E-state index contributed by atoms with van der Waals surface area (Å²) in [6.45, 7) is 6.34. The number of nitrogens with zero attached hydrogens (tertiary/aromatic N) is 1. The Hall–Kier alpha value is -1.10. The molecule has 1 aromatic rings. The molecule has 0 bridgehead atoms. The molecule has 0 radical (unpaired) electrons. The molecule has 1 aliphatic heterocycles. The molecule has 0 amide bonds. The number of benzene rings is 1. The molecule has 0 aliphatic carbocycles. The van der Waals surface area contributed by atoms with Gasteiger partial charge in [-0.3, -0.25) is 0 Å². The van der Waals surface area contributed by atoms with Crippen LogP contribution in [0.1, 0.15) is 23.6 Å². The van der Waals surface area contributed by atoms with Crippen molar-refractivity contribution < 1.29 is 9.84 Å². The van der Waals surface area contributed by atoms with Gasteiger partial charge in [0.05, 0.1) is 13.2 Å². The van der Waals surface area contributed by atoms with E-state index in [4.69, 9.17) is 9.84 Å². The van der Waals surface area contributed by atoms with Gasteiger partial charge in [0.25, 0.3) is 0 Å². The molecule has 0 atom stereocenters. The first-order chi connectivity index (χ1) is 9.24. The van der Waals surface area contributed by atoms with Crippen molar-refractivity contribution in [1.29, 1.82) is 0 Å². The molecule has 106 valence electrons. The van der Waals surface area contributed by atoms with Gasteiger partial charge in [-0.05, 0) is 37.6 Å². The molecule has 0 unspecified atom stereocenters. The number of rotatable bonds is 6. The molecule has 1 aromatic carbocycles. The lowest BCUT2D eigenvalue weighted by Crippen LogP contribution is -2.27. The number of fused-ring (bicyclic) bond motifs is 1. The van der Waals surface area contributed by atoms with Crippen LogP contribution in [0.15, 0.2) is 12.1 Å². The number of aliphatic hydroxyl groups excluding tert-OH is 1. The summed E-state index contributed by atoms with van der Waals surface area (Å²) < 4.78 is 5.75. The highest BCUT2D eigenvalue weighted by atomic mass is 16.5. The number of aliphatic hydroxyl groups is 1. The molecule has 4 nitrogen and oxygen atoms in total. The monoisotopic (exact) mass is 264 g/mol. The van der Waals surface area contributed by atoms with Gasteiger partial charge in [0, 0.05) is 31.7 Å². The SMILES string of the molecule is CCOc1cc2c(cc1CNCCO)CCN(C)C2. The third kappa shape index (κ3) is 3.69. The van der Waals surface area contributed by atoms with Gasteiger partial charge in [0.1, 0.15) is 5.75 Å². The summed E-state index contributed by atoms with van der Waals surface area (Å²) in [5.41, 5.74) is 4.00. The zero-order valence-electron chi connectivity index (χ0n) is 11.9. The highest BCUT2D eigenvalue weighted by Crippen LogP contribution is 2.27. The molecule has 0 fully saturated rings. The number of ether oxygens (including phenoxy) is 1. The minimum Gasteiger partial charge on any atom is -0.494 e. The number of likely N-dealkylation sites (N-methyl/N-ethyl adjacent to an activating group) is 1. The van der Waals surface area contributed by atoms with Crippen LogP contribution in [-0.2, 0) is 19.5 Å². The van der Waals surface area contributed by atoms with Crippen molar-refractivity contribution in [2.45, 2.75) is 26.4 Å². The van der Waals surface area contributed by atoms with Crippen molar-refractivity contribution >= 4 is 0 Å². The van der Waals surface area contributed by atoms with Crippen LogP contribution in [-0.4, -0.2) is 43.4 Å². The second-order valence-electron chi connectivity index (χ2n) is 5.05. The maximum absolute atomic E-state index is 8.84. The standard InChI is InChI=1S/C15H24N2O2/c1-3-19-15-9-14-11-17(2)6-4-12(14)8-13(15)10-16-5-7-18/h8-9,16,18H,3-7,10-11H2,1-2H3. The molecule has 0 saturated heterocycles. The third-order valence-corrected chi connectivity index (χ3v) is 3.49. The Morgan fingerprint density at radius 2 is 2.21 bits per heavy atom. The van der Waals surface area contributed by atoms with E-state index in [1.807, 2.05) is 6.92 Å². The minimum absolute atomic E-state index is 0.166. The summed E-state index contributed by atoms with van der Waals surface area (Å²) in [7, 11) is 2.15. The van der Waals surface area contributed by atoms with Crippen LogP contribution >= 0.6 is 0 Å². The topological polar surface area (TPSA) is 44.7 Å². The quantitative estimate of drug-likeness (QED) is 0.757. The van der Waals surface area contributed by atoms with E-state index in [9.17, 15) is 0 Å². The van der Waals surface area contributed by atoms with Gasteiger partial charge in [-0.2, -0.15) is 0 Å². The molecule has 19 heavy (non-hydrogen) atoms. The van der Waals surface area contributed by atoms with E-state index >= 15 is 0 Å². The first-order valence-electron chi connectivity index (χ1n) is 7.02. The van der Waals surface area contributed by atoms with Crippen molar-refractivity contribution in [1.82, 2.24) is 10.2 Å². The number of nitrogens with one attached hydrogen (secondary N) is 1. The summed E-state index contributed by atoms with van der Waals surface area (Å²) in [5, 5.41) is 12.1. The van der Waals surface area contributed by atoms with Gasteiger partial charge >= 0.3 is 0 Å². The minimum atomic E-state index is 0.166. The Balaban J connectivity index is 2.20. The van der Waals surface area contributed by atoms with E-state index < -0.39 is 0 Å². The van der Waals surface area contributed by atoms with Gasteiger partial charge in [-0.15, -0.1) is 0 Å². The fraction of sp³-hybridized carbons (Fsp3) is 0.600. The lowest BCUT2D eigenvalue weighted by Gasteiger charge is -2.26. The molecule has 0 aromatic heterocycles. The highest BCUT2D eigenvalue weighted by molar-refractivity contribution is 5.44. The van der Waals surface area contributed by atoms with Crippen molar-refractivity contribution in [3.8, 4) is 5.75 Å². The van der Waals surface area contributed by atoms with Gasteiger partial charge < -0.3 is 20.1 Å². The summed E-state index contributed by atoms with van der Waals surface area (Å²) in [6.07, 6.45) is 1.10. The number of hydrogen-bond acceptors (Lipinski definition) is 4. The first-order valence-corrected chi connectivity index (χ1v) is 7.02. The van der Waals surface area contributed by atoms with Crippen LogP contribution in [0.2, 0.25) is 0 Å². The second-order valence-corrected chi connectivity index (χ2v) is 5.05. The maximum atomic E-state index is 8.84. The van der Waals surface area contributed by atoms with E-state index in [-0.39, 0.29) is 6.61 Å². The lowest BCUT2D eigenvalue weighted by atomic mass is 9.96. The Labute approximate surface area is 115 Å². The first kappa shape index (κ1) is 14.3. The Bertz CT molecular complexity index is 421. The summed E-state index contributed by atoms with van der Waals surface area (Å²) >= 11 is 0. The summed E-state index contributed by atoms with van der Waals surface area (Å²) in [5.74, 6) is 0.974. The Morgan fingerprint density at radius 3 is 2.95 bits per heavy atom. The summed E-state index contributed by atoms with van der Waals surface area (Å²) in [6, 6.07) is 4.45. The fourth-order valence-electron chi connectivity index (χ4n) is 2.51. The molecular weight excluding hydrogens is 240 g/mol. The van der Waals surface area contributed by atoms with Crippen molar-refractivity contribution in [3.63, 3.8) is 0 Å². The van der Waals surface area contributed by atoms with Crippen molar-refractivity contribution in [3.05, 3.63) is 28.8 Å². The molecule has 4 heteroatoms. The van der Waals surface area contributed by atoms with Crippen LogP contribution in [0.5, 0.6) is 5.75 Å². The molecule has 1 aliphatic rings. The second kappa shape index (κ2) is 6.89. The van der Waals surface area contributed by atoms with Gasteiger partial charge in [-0.25, -0.2) is 0 Å². The van der Waals surface area contributed by atoms with E-state index in [0.717, 1.165) is 31.8 Å². The third-order valence-electron chi connectivity index (χ3n) is 3.49. The van der Waals surface area contributed by atoms with Crippen LogP contribution in [0.25, 0.3) is 0 Å². The Kier molecular flexibility index (Phi) is 5.19. The molecule has 2 rings (SSSR count). The van der Waals surface area contributed by atoms with Crippen LogP contribution in [0.4, 0.5) is 0 Å². The van der Waals surface area contributed by atoms with E-state index in [0.29, 0.717) is 13.2 Å². The van der Waals surface area contributed by atoms with Crippen LogP contribution < -0.4 is 10.1 Å². The smallest absolute Gasteiger partial charge is 0.124 e. The van der Waals surface area contributed by atoms with Crippen molar-refractivity contribution in [2.24, 2.45) is 0 Å². The Morgan fingerprint density at radius 1 is 1.37 bits per heavy atom. The zero-order chi connectivity index (χ0) is 13.7. The largest absolute Gasteiger partial charge is 0.494 e. The predicted molar refractivity (Wildman–Crippen MR) is 76.4 cm³/mol. The molecule has 0 spiro atoms. The van der Waals surface area contributed by atoms with Gasteiger partial charge in [0.15, 0.2) is 0 Å². The van der Waals surface area contributed by atoms with Crippen molar-refractivity contribution in [2.75, 3.05) is 33.4 Å². The predicted octanol–water partition coefficient (Wildman–Crippen LogP) is 1.16. The average Bonchev–Trinajstić information content (AvgIpc) is 2.40. The van der Waals surface area contributed by atoms with E-state index in [2.05, 4.69) is 29.4 Å². The van der Waals surface area contributed by atoms with Crippen LogP contribution in [0.3, 0.4) is 0 Å². The normalized spacial score (nSPS) is 15.3. The molecule has 2 N–H and O–H groups in total. The maximum Gasteiger partial charge on any atom is 0.124 e. The molecule has 0 saturated carbocycles. The number of hydrogen-bond donors (Lipinski definition) is 2. The van der Waals surface area contributed by atoms with Gasteiger partial charge in [-0.1, -0.05) is 6.07 Å². The zero-order valence-corrected chi connectivity index (χ0v) is 11.9. The summed E-state index contributed by atoms with van der Waals surface area (Å²) in [4.78, 5) is 2.34. The highest BCUT2D eigenvalue weighted by Gasteiger charge is 2.16. The average molecular weight is 264 g/mol. The fourth-order valence-corrected chi connectivity index (χ4v) is 2.51. The van der Waals surface area contributed by atoms with E-state index in [1.165, 1.54) is 16.7 Å². The molecular formula is C15H24N2O2. The van der Waals surface area contributed by atoms with Crippen LogP contribution in [0, 0.1) is 0 Å². The van der Waals surface area contributed by atoms with Gasteiger partial charge in [0.2, 0.25) is 0 Å². The molecule has 1 heterocycles. The van der Waals surface area contributed by atoms with E-state index in [1.54, 1.807) is 0 Å².